The zero-order valence-corrected chi connectivity index (χ0v) is 12.7. The van der Waals surface area contributed by atoms with Gasteiger partial charge in [0.2, 0.25) is 0 Å². The third-order valence-corrected chi connectivity index (χ3v) is 6.05. The fraction of sp³-hybridized carbons (Fsp3) is 0.769. The number of likely N-dealkylation sites (N-methyl/N-ethyl adjacent to an activating group) is 1. The average Bonchev–Trinajstić information content (AvgIpc) is 3.05. The van der Waals surface area contributed by atoms with Crippen molar-refractivity contribution in [2.75, 3.05) is 20.1 Å². The SMILES string of the molecule is CNCC1CCCN1S(=O)(=O)c1cn2c(n1)CCCC2. The van der Waals surface area contributed by atoms with Crippen LogP contribution < -0.4 is 5.32 Å². The van der Waals surface area contributed by atoms with Gasteiger partial charge in [-0.3, -0.25) is 0 Å². The maximum absolute atomic E-state index is 12.8. The minimum atomic E-state index is -3.44. The number of hydrogen-bond donors (Lipinski definition) is 1. The van der Waals surface area contributed by atoms with Gasteiger partial charge in [-0.1, -0.05) is 0 Å². The standard InChI is InChI=1S/C13H22N4O2S/c1-14-9-11-5-4-8-17(11)20(18,19)13-10-16-7-3-2-6-12(16)15-13/h10-11,14H,2-9H2,1H3. The van der Waals surface area contributed by atoms with Crippen molar-refractivity contribution >= 4 is 10.0 Å². The molecular formula is C13H22N4O2S. The van der Waals surface area contributed by atoms with E-state index in [-0.39, 0.29) is 11.1 Å². The van der Waals surface area contributed by atoms with E-state index in [9.17, 15) is 8.42 Å². The summed E-state index contributed by atoms with van der Waals surface area (Å²) < 4.78 is 29.1. The smallest absolute Gasteiger partial charge is 0.262 e. The third-order valence-electron chi connectivity index (χ3n) is 4.22. The summed E-state index contributed by atoms with van der Waals surface area (Å²) in [5.41, 5.74) is 0. The van der Waals surface area contributed by atoms with Crippen LogP contribution in [0.15, 0.2) is 11.2 Å². The lowest BCUT2D eigenvalue weighted by atomic mass is 10.2. The topological polar surface area (TPSA) is 67.2 Å². The van der Waals surface area contributed by atoms with Crippen molar-refractivity contribution in [3.8, 4) is 0 Å². The number of fused-ring (bicyclic) bond motifs is 1. The second-order valence-corrected chi connectivity index (χ2v) is 7.45. The van der Waals surface area contributed by atoms with E-state index in [2.05, 4.69) is 10.3 Å². The molecule has 1 fully saturated rings. The molecule has 3 rings (SSSR count). The fourth-order valence-corrected chi connectivity index (χ4v) is 4.86. The van der Waals surface area contributed by atoms with Crippen molar-refractivity contribution in [2.45, 2.75) is 49.7 Å². The van der Waals surface area contributed by atoms with Crippen LogP contribution >= 0.6 is 0 Å². The molecule has 0 bridgehead atoms. The Morgan fingerprint density at radius 1 is 1.35 bits per heavy atom. The molecule has 1 unspecified atom stereocenters. The van der Waals surface area contributed by atoms with Crippen LogP contribution in [0.4, 0.5) is 0 Å². The van der Waals surface area contributed by atoms with E-state index in [4.69, 9.17) is 0 Å². The third kappa shape index (κ3) is 2.38. The van der Waals surface area contributed by atoms with Crippen LogP contribution in [0.25, 0.3) is 0 Å². The average molecular weight is 298 g/mol. The Balaban J connectivity index is 1.89. The highest BCUT2D eigenvalue weighted by Gasteiger charge is 2.36. The van der Waals surface area contributed by atoms with Gasteiger partial charge in [0.15, 0.2) is 5.03 Å². The molecule has 1 atom stereocenters. The zero-order valence-electron chi connectivity index (χ0n) is 11.9. The Morgan fingerprint density at radius 2 is 2.20 bits per heavy atom. The summed E-state index contributed by atoms with van der Waals surface area (Å²) in [6.07, 6.45) is 6.67. The number of aryl methyl sites for hydroxylation is 2. The molecule has 7 heteroatoms. The monoisotopic (exact) mass is 298 g/mol. The molecule has 6 nitrogen and oxygen atoms in total. The second kappa shape index (κ2) is 5.46. The molecule has 0 aromatic carbocycles. The van der Waals surface area contributed by atoms with E-state index in [1.54, 1.807) is 10.5 Å². The van der Waals surface area contributed by atoms with E-state index in [1.165, 1.54) is 0 Å². The molecule has 3 heterocycles. The summed E-state index contributed by atoms with van der Waals surface area (Å²) in [5.74, 6) is 0.916. The Hall–Kier alpha value is -0.920. The predicted octanol–water partition coefficient (Wildman–Crippen LogP) is 0.592. The molecule has 1 saturated heterocycles. The van der Waals surface area contributed by atoms with Crippen molar-refractivity contribution in [1.82, 2.24) is 19.2 Å². The number of hydrogen-bond acceptors (Lipinski definition) is 4. The number of sulfonamides is 1. The minimum Gasteiger partial charge on any atom is -0.333 e. The highest BCUT2D eigenvalue weighted by Crippen LogP contribution is 2.26. The molecule has 2 aliphatic rings. The molecule has 1 N–H and O–H groups in total. The first-order valence-corrected chi connectivity index (χ1v) is 8.79. The van der Waals surface area contributed by atoms with Gasteiger partial charge in [0, 0.05) is 38.3 Å². The lowest BCUT2D eigenvalue weighted by Crippen LogP contribution is -2.40. The summed E-state index contributed by atoms with van der Waals surface area (Å²) in [4.78, 5) is 4.37. The highest BCUT2D eigenvalue weighted by atomic mass is 32.2. The number of nitrogens with one attached hydrogen (secondary N) is 1. The summed E-state index contributed by atoms with van der Waals surface area (Å²) >= 11 is 0. The first-order valence-electron chi connectivity index (χ1n) is 7.35. The zero-order chi connectivity index (χ0) is 14.2. The molecule has 0 radical (unpaired) electrons. The van der Waals surface area contributed by atoms with Crippen LogP contribution in [-0.4, -0.2) is 48.5 Å². The van der Waals surface area contributed by atoms with Crippen LogP contribution in [-0.2, 0) is 23.0 Å². The molecule has 0 aliphatic carbocycles. The van der Waals surface area contributed by atoms with Crippen LogP contribution in [0.1, 0.15) is 31.5 Å². The van der Waals surface area contributed by atoms with Gasteiger partial charge in [0.25, 0.3) is 10.0 Å². The van der Waals surface area contributed by atoms with Crippen molar-refractivity contribution < 1.29 is 8.42 Å². The van der Waals surface area contributed by atoms with Gasteiger partial charge < -0.3 is 9.88 Å². The molecule has 1 aromatic rings. The normalized spacial score (nSPS) is 23.9. The van der Waals surface area contributed by atoms with Crippen LogP contribution in [0, 0.1) is 0 Å². The van der Waals surface area contributed by atoms with Crippen molar-refractivity contribution in [3.05, 3.63) is 12.0 Å². The molecule has 0 saturated carbocycles. The predicted molar refractivity (Wildman–Crippen MR) is 76.0 cm³/mol. The number of rotatable bonds is 4. The van der Waals surface area contributed by atoms with Crippen LogP contribution in [0.3, 0.4) is 0 Å². The molecule has 0 amide bonds. The Kier molecular flexibility index (Phi) is 3.83. The second-order valence-electron chi connectivity index (χ2n) is 5.62. The van der Waals surface area contributed by atoms with Crippen molar-refractivity contribution in [3.63, 3.8) is 0 Å². The van der Waals surface area contributed by atoms with Gasteiger partial charge in [0.1, 0.15) is 5.82 Å². The maximum Gasteiger partial charge on any atom is 0.262 e. The van der Waals surface area contributed by atoms with E-state index in [0.29, 0.717) is 13.1 Å². The van der Waals surface area contributed by atoms with Crippen molar-refractivity contribution in [1.29, 1.82) is 0 Å². The van der Waals surface area contributed by atoms with Gasteiger partial charge in [0.05, 0.1) is 0 Å². The maximum atomic E-state index is 12.8. The van der Waals surface area contributed by atoms with E-state index < -0.39 is 10.0 Å². The molecular weight excluding hydrogens is 276 g/mol. The number of nitrogens with zero attached hydrogens (tertiary/aromatic N) is 3. The molecule has 0 spiro atoms. The molecule has 20 heavy (non-hydrogen) atoms. The lowest BCUT2D eigenvalue weighted by Gasteiger charge is -2.22. The molecule has 2 aliphatic heterocycles. The van der Waals surface area contributed by atoms with Gasteiger partial charge in [-0.2, -0.15) is 4.31 Å². The molecule has 112 valence electrons. The van der Waals surface area contributed by atoms with Gasteiger partial charge in [-0.05, 0) is 32.7 Å². The molecule has 1 aromatic heterocycles. The Morgan fingerprint density at radius 3 is 2.95 bits per heavy atom. The van der Waals surface area contributed by atoms with Gasteiger partial charge in [-0.15, -0.1) is 0 Å². The quantitative estimate of drug-likeness (QED) is 0.883. The van der Waals surface area contributed by atoms with Crippen LogP contribution in [0.2, 0.25) is 0 Å². The number of imidazole rings is 1. The first kappa shape index (κ1) is 14.0. The van der Waals surface area contributed by atoms with E-state index in [0.717, 1.165) is 44.5 Å². The largest absolute Gasteiger partial charge is 0.333 e. The fourth-order valence-electron chi connectivity index (χ4n) is 3.20. The lowest BCUT2D eigenvalue weighted by molar-refractivity contribution is 0.378. The Labute approximate surface area is 120 Å². The minimum absolute atomic E-state index is 0.0590. The van der Waals surface area contributed by atoms with Crippen LogP contribution in [0.5, 0.6) is 0 Å². The number of aromatic nitrogens is 2. The first-order chi connectivity index (χ1) is 9.63. The van der Waals surface area contributed by atoms with Gasteiger partial charge >= 0.3 is 0 Å². The van der Waals surface area contributed by atoms with Gasteiger partial charge in [-0.25, -0.2) is 13.4 Å². The van der Waals surface area contributed by atoms with E-state index in [1.807, 2.05) is 11.6 Å². The van der Waals surface area contributed by atoms with E-state index >= 15 is 0 Å². The summed E-state index contributed by atoms with van der Waals surface area (Å²) in [6.45, 7) is 2.20. The summed E-state index contributed by atoms with van der Waals surface area (Å²) in [7, 11) is -1.58. The highest BCUT2D eigenvalue weighted by molar-refractivity contribution is 7.89. The summed E-state index contributed by atoms with van der Waals surface area (Å²) in [6, 6.07) is 0.0590. The Bertz CT molecular complexity index is 558. The van der Waals surface area contributed by atoms with Crippen molar-refractivity contribution in [2.24, 2.45) is 0 Å². The summed E-state index contributed by atoms with van der Waals surface area (Å²) in [5, 5.41) is 3.31.